The Labute approximate surface area is 137 Å². The number of likely N-dealkylation sites (tertiary alicyclic amines) is 1. The first-order chi connectivity index (χ1) is 11.2. The van der Waals surface area contributed by atoms with E-state index in [-0.39, 0.29) is 17.5 Å². The molecule has 23 heavy (non-hydrogen) atoms. The van der Waals surface area contributed by atoms with Crippen LogP contribution >= 0.6 is 11.8 Å². The fraction of sp³-hybridized carbons (Fsp3) is 0.400. The number of carbonyl (C=O) groups is 1. The van der Waals surface area contributed by atoms with E-state index >= 15 is 0 Å². The molecule has 2 heterocycles. The fourth-order valence-corrected chi connectivity index (χ4v) is 2.83. The molecule has 1 aromatic heterocycles. The Morgan fingerprint density at radius 3 is 3.00 bits per heavy atom. The van der Waals surface area contributed by atoms with E-state index in [1.54, 1.807) is 23.1 Å². The molecular formula is C15H16FN3O3S. The highest BCUT2D eigenvalue weighted by atomic mass is 32.2. The van der Waals surface area contributed by atoms with Crippen LogP contribution in [0.25, 0.3) is 0 Å². The number of hydrogen-bond donors (Lipinski definition) is 0. The van der Waals surface area contributed by atoms with E-state index in [1.807, 2.05) is 0 Å². The predicted molar refractivity (Wildman–Crippen MR) is 81.6 cm³/mol. The summed E-state index contributed by atoms with van der Waals surface area (Å²) in [4.78, 5) is 13.3. The van der Waals surface area contributed by atoms with Gasteiger partial charge in [-0.25, -0.2) is 4.39 Å². The molecule has 1 amide bonds. The van der Waals surface area contributed by atoms with Crippen molar-refractivity contribution < 1.29 is 18.3 Å². The second kappa shape index (κ2) is 7.45. The van der Waals surface area contributed by atoms with Gasteiger partial charge in [-0.3, -0.25) is 4.79 Å². The zero-order valence-electron chi connectivity index (χ0n) is 12.4. The van der Waals surface area contributed by atoms with Gasteiger partial charge in [-0.2, -0.15) is 0 Å². The first-order valence-electron chi connectivity index (χ1n) is 7.32. The van der Waals surface area contributed by atoms with Gasteiger partial charge in [0.2, 0.25) is 11.8 Å². The van der Waals surface area contributed by atoms with Crippen LogP contribution in [0, 0.1) is 5.82 Å². The summed E-state index contributed by atoms with van der Waals surface area (Å²) >= 11 is 1.33. The van der Waals surface area contributed by atoms with E-state index in [0.29, 0.717) is 36.4 Å². The Hall–Kier alpha value is -2.09. The third-order valence-corrected chi connectivity index (χ3v) is 4.13. The van der Waals surface area contributed by atoms with Gasteiger partial charge in [0.05, 0.1) is 13.2 Å². The molecule has 1 saturated heterocycles. The van der Waals surface area contributed by atoms with Gasteiger partial charge in [-0.1, -0.05) is 23.9 Å². The average molecular weight is 337 g/mol. The molecule has 0 unspecified atom stereocenters. The van der Waals surface area contributed by atoms with Crippen LogP contribution in [-0.2, 0) is 11.3 Å². The Kier molecular flexibility index (Phi) is 5.12. The van der Waals surface area contributed by atoms with Crippen molar-refractivity contribution >= 4 is 17.7 Å². The Morgan fingerprint density at radius 1 is 1.35 bits per heavy atom. The second-order valence-corrected chi connectivity index (χ2v) is 6.05. The van der Waals surface area contributed by atoms with Gasteiger partial charge in [0.25, 0.3) is 5.22 Å². The molecule has 0 atom stereocenters. The predicted octanol–water partition coefficient (Wildman–Crippen LogP) is 2.50. The lowest BCUT2D eigenvalue weighted by Gasteiger charge is -2.11. The minimum atomic E-state index is -0.382. The minimum Gasteiger partial charge on any atom is -0.490 e. The molecule has 2 aromatic rings. The summed E-state index contributed by atoms with van der Waals surface area (Å²) in [6.07, 6.45) is 1.46. The van der Waals surface area contributed by atoms with Gasteiger partial charge in [-0.15, -0.1) is 10.2 Å². The third kappa shape index (κ3) is 4.22. The molecule has 0 radical (unpaired) electrons. The standard InChI is InChI=1S/C15H16FN3O3S/c16-11-4-1-2-5-12(11)21-8-9-23-15-18-17-13(22-15)10-19-7-3-6-14(19)20/h1-2,4-5H,3,6-10H2. The molecule has 1 fully saturated rings. The van der Waals surface area contributed by atoms with E-state index < -0.39 is 0 Å². The lowest BCUT2D eigenvalue weighted by molar-refractivity contribution is -0.128. The molecule has 6 nitrogen and oxygen atoms in total. The summed E-state index contributed by atoms with van der Waals surface area (Å²) in [5, 5.41) is 8.28. The normalized spacial score (nSPS) is 14.5. The molecule has 1 aliphatic rings. The SMILES string of the molecule is O=C1CCCN1Cc1nnc(SCCOc2ccccc2F)o1. The molecule has 122 valence electrons. The first kappa shape index (κ1) is 15.8. The van der Waals surface area contributed by atoms with Crippen LogP contribution in [0.3, 0.4) is 0 Å². The van der Waals surface area contributed by atoms with Crippen LogP contribution in [0.2, 0.25) is 0 Å². The number of hydrogen-bond acceptors (Lipinski definition) is 6. The van der Waals surface area contributed by atoms with Gasteiger partial charge in [-0.05, 0) is 18.6 Å². The molecule has 3 rings (SSSR count). The van der Waals surface area contributed by atoms with Gasteiger partial charge in [0, 0.05) is 18.7 Å². The number of nitrogens with zero attached hydrogens (tertiary/aromatic N) is 3. The Morgan fingerprint density at radius 2 is 2.22 bits per heavy atom. The minimum absolute atomic E-state index is 0.121. The van der Waals surface area contributed by atoms with Crippen molar-refractivity contribution in [2.45, 2.75) is 24.6 Å². The molecule has 8 heteroatoms. The maximum absolute atomic E-state index is 13.4. The molecule has 0 N–H and O–H groups in total. The molecule has 0 aliphatic carbocycles. The molecule has 0 bridgehead atoms. The lowest BCUT2D eigenvalue weighted by atomic mass is 10.3. The van der Waals surface area contributed by atoms with Crippen LogP contribution in [0.4, 0.5) is 4.39 Å². The number of ether oxygens (including phenoxy) is 1. The van der Waals surface area contributed by atoms with Crippen LogP contribution in [0.15, 0.2) is 33.9 Å². The van der Waals surface area contributed by atoms with Gasteiger partial charge < -0.3 is 14.1 Å². The number of carbonyl (C=O) groups excluding carboxylic acids is 1. The summed E-state index contributed by atoms with van der Waals surface area (Å²) in [6, 6.07) is 6.27. The summed E-state index contributed by atoms with van der Waals surface area (Å²) < 4.78 is 24.2. The summed E-state index contributed by atoms with van der Waals surface area (Å²) in [5.41, 5.74) is 0. The van der Waals surface area contributed by atoms with Crippen LogP contribution in [0.1, 0.15) is 18.7 Å². The van der Waals surface area contributed by atoms with Crippen molar-refractivity contribution in [3.8, 4) is 5.75 Å². The maximum atomic E-state index is 13.4. The summed E-state index contributed by atoms with van der Waals surface area (Å²) in [6.45, 7) is 1.42. The largest absolute Gasteiger partial charge is 0.490 e. The van der Waals surface area contributed by atoms with E-state index in [4.69, 9.17) is 9.15 Å². The number of amides is 1. The number of benzene rings is 1. The average Bonchev–Trinajstić information content (AvgIpc) is 3.16. The molecule has 0 spiro atoms. The topological polar surface area (TPSA) is 68.5 Å². The lowest BCUT2D eigenvalue weighted by Crippen LogP contribution is -2.23. The highest BCUT2D eigenvalue weighted by Crippen LogP contribution is 2.20. The highest BCUT2D eigenvalue weighted by molar-refractivity contribution is 7.99. The van der Waals surface area contributed by atoms with Gasteiger partial charge in [0.15, 0.2) is 11.6 Å². The molecule has 1 aromatic carbocycles. The van der Waals surface area contributed by atoms with E-state index in [0.717, 1.165) is 13.0 Å². The second-order valence-electron chi connectivity index (χ2n) is 5.01. The monoisotopic (exact) mass is 337 g/mol. The molecule has 0 saturated carbocycles. The fourth-order valence-electron chi connectivity index (χ4n) is 2.24. The van der Waals surface area contributed by atoms with E-state index in [9.17, 15) is 9.18 Å². The number of para-hydroxylation sites is 1. The Bertz CT molecular complexity index is 679. The van der Waals surface area contributed by atoms with Crippen molar-refractivity contribution in [1.82, 2.24) is 15.1 Å². The van der Waals surface area contributed by atoms with Crippen molar-refractivity contribution in [3.63, 3.8) is 0 Å². The smallest absolute Gasteiger partial charge is 0.276 e. The van der Waals surface area contributed by atoms with Gasteiger partial charge in [0.1, 0.15) is 0 Å². The number of rotatable bonds is 7. The zero-order chi connectivity index (χ0) is 16.1. The summed E-state index contributed by atoms with van der Waals surface area (Å²) in [5.74, 6) is 0.951. The maximum Gasteiger partial charge on any atom is 0.276 e. The van der Waals surface area contributed by atoms with E-state index in [1.165, 1.54) is 17.8 Å². The number of thioether (sulfide) groups is 1. The third-order valence-electron chi connectivity index (χ3n) is 3.35. The summed E-state index contributed by atoms with van der Waals surface area (Å²) in [7, 11) is 0. The quantitative estimate of drug-likeness (QED) is 0.571. The first-order valence-corrected chi connectivity index (χ1v) is 8.31. The number of halogens is 1. The highest BCUT2D eigenvalue weighted by Gasteiger charge is 2.22. The van der Waals surface area contributed by atoms with Crippen molar-refractivity contribution in [2.24, 2.45) is 0 Å². The Balaban J connectivity index is 1.42. The van der Waals surface area contributed by atoms with Crippen LogP contribution < -0.4 is 4.74 Å². The van der Waals surface area contributed by atoms with Crippen molar-refractivity contribution in [2.75, 3.05) is 18.9 Å². The van der Waals surface area contributed by atoms with Gasteiger partial charge >= 0.3 is 0 Å². The van der Waals surface area contributed by atoms with Crippen LogP contribution in [-0.4, -0.2) is 39.9 Å². The van der Waals surface area contributed by atoms with E-state index in [2.05, 4.69) is 10.2 Å². The zero-order valence-corrected chi connectivity index (χ0v) is 13.2. The number of aromatic nitrogens is 2. The van der Waals surface area contributed by atoms with Crippen molar-refractivity contribution in [3.05, 3.63) is 36.0 Å². The molecule has 1 aliphatic heterocycles. The molecular weight excluding hydrogens is 321 g/mol. The van der Waals surface area contributed by atoms with Crippen molar-refractivity contribution in [1.29, 1.82) is 0 Å². The van der Waals surface area contributed by atoms with Crippen LogP contribution in [0.5, 0.6) is 5.75 Å².